The first-order valence-corrected chi connectivity index (χ1v) is 6.51. The van der Waals surface area contributed by atoms with E-state index in [1.807, 2.05) is 18.2 Å². The number of nitrogens with zero attached hydrogens (tertiary/aromatic N) is 1. The monoisotopic (exact) mass is 301 g/mol. The second kappa shape index (κ2) is 5.48. The zero-order valence-corrected chi connectivity index (χ0v) is 11.4. The van der Waals surface area contributed by atoms with Crippen molar-refractivity contribution in [2.24, 2.45) is 5.73 Å². The summed E-state index contributed by atoms with van der Waals surface area (Å²) in [5, 5.41) is 1.15. The predicted octanol–water partition coefficient (Wildman–Crippen LogP) is 3.97. The molecule has 2 aromatic rings. The van der Waals surface area contributed by atoms with Crippen LogP contribution in [0.3, 0.4) is 0 Å². The molecule has 0 saturated carbocycles. The number of hydrogen-bond donors (Lipinski definition) is 2. The lowest BCUT2D eigenvalue weighted by molar-refractivity contribution is 0.255. The van der Waals surface area contributed by atoms with Gasteiger partial charge in [-0.25, -0.2) is 9.80 Å². The molecule has 18 heavy (non-hydrogen) atoms. The fraction of sp³-hybridized carbons (Fsp3) is 0. The van der Waals surface area contributed by atoms with E-state index in [2.05, 4.69) is 5.43 Å². The molecular formula is C11H9Cl2N3OS. The van der Waals surface area contributed by atoms with Gasteiger partial charge in [0.25, 0.3) is 0 Å². The van der Waals surface area contributed by atoms with Gasteiger partial charge in [-0.3, -0.25) is 5.43 Å². The zero-order chi connectivity index (χ0) is 13.1. The molecule has 4 nitrogen and oxygen atoms in total. The van der Waals surface area contributed by atoms with E-state index in [0.29, 0.717) is 14.4 Å². The van der Waals surface area contributed by atoms with E-state index < -0.39 is 6.03 Å². The average Bonchev–Trinajstić information content (AvgIpc) is 2.66. The van der Waals surface area contributed by atoms with Crippen LogP contribution in [0.5, 0.6) is 0 Å². The Bertz CT molecular complexity index is 559. The molecule has 0 saturated heterocycles. The Labute approximate surface area is 118 Å². The smallest absolute Gasteiger partial charge is 0.338 e. The van der Waals surface area contributed by atoms with Gasteiger partial charge in [0.1, 0.15) is 4.34 Å². The standard InChI is InChI=1S/C11H9Cl2N3OS/c12-9-6-8(10(13)18-9)16(11(14)17)15-7-4-2-1-3-5-7/h1-6,15H,(H2,14,17). The lowest BCUT2D eigenvalue weighted by Gasteiger charge is -2.21. The molecule has 3 N–H and O–H groups in total. The molecule has 0 fully saturated rings. The molecule has 0 atom stereocenters. The van der Waals surface area contributed by atoms with Crippen molar-refractivity contribution >= 4 is 51.9 Å². The summed E-state index contributed by atoms with van der Waals surface area (Å²) < 4.78 is 0.873. The van der Waals surface area contributed by atoms with Crippen molar-refractivity contribution in [1.82, 2.24) is 0 Å². The first-order valence-electron chi connectivity index (χ1n) is 4.94. The Morgan fingerprint density at radius 2 is 1.94 bits per heavy atom. The molecule has 1 heterocycles. The number of primary amides is 1. The number of hydrogen-bond acceptors (Lipinski definition) is 3. The summed E-state index contributed by atoms with van der Waals surface area (Å²) in [5.41, 5.74) is 9.34. The number of halogens is 2. The first kappa shape index (κ1) is 13.0. The van der Waals surface area contributed by atoms with Gasteiger partial charge in [-0.1, -0.05) is 41.4 Å². The number of para-hydroxylation sites is 1. The van der Waals surface area contributed by atoms with Gasteiger partial charge in [0.05, 0.1) is 15.7 Å². The number of benzene rings is 1. The Morgan fingerprint density at radius 3 is 2.44 bits per heavy atom. The highest BCUT2D eigenvalue weighted by molar-refractivity contribution is 7.20. The summed E-state index contributed by atoms with van der Waals surface area (Å²) in [4.78, 5) is 11.5. The zero-order valence-electron chi connectivity index (χ0n) is 9.06. The van der Waals surface area contributed by atoms with Crippen LogP contribution in [0.4, 0.5) is 16.2 Å². The Balaban J connectivity index is 2.30. The Morgan fingerprint density at radius 1 is 1.28 bits per heavy atom. The SMILES string of the molecule is NC(=O)N(Nc1ccccc1)c1cc(Cl)sc1Cl. The highest BCUT2D eigenvalue weighted by Gasteiger charge is 2.18. The minimum atomic E-state index is -0.671. The summed E-state index contributed by atoms with van der Waals surface area (Å²) in [7, 11) is 0. The molecular weight excluding hydrogens is 293 g/mol. The number of thiophene rings is 1. The van der Waals surface area contributed by atoms with Crippen molar-refractivity contribution in [3.05, 3.63) is 45.1 Å². The van der Waals surface area contributed by atoms with Crippen LogP contribution in [-0.2, 0) is 0 Å². The summed E-state index contributed by atoms with van der Waals surface area (Å²) in [6, 6.07) is 10.1. The van der Waals surface area contributed by atoms with Crippen LogP contribution >= 0.6 is 34.5 Å². The molecule has 7 heteroatoms. The molecule has 1 aromatic heterocycles. The van der Waals surface area contributed by atoms with Crippen molar-refractivity contribution < 1.29 is 4.79 Å². The third-order valence-electron chi connectivity index (χ3n) is 2.11. The summed E-state index contributed by atoms with van der Waals surface area (Å²) in [5.74, 6) is 0. The van der Waals surface area contributed by atoms with Crippen LogP contribution in [0.1, 0.15) is 0 Å². The van der Waals surface area contributed by atoms with E-state index in [1.165, 1.54) is 11.3 Å². The second-order valence-corrected chi connectivity index (χ2v) is 5.65. The number of amides is 2. The second-order valence-electron chi connectivity index (χ2n) is 3.36. The summed E-state index contributed by atoms with van der Waals surface area (Å²) >= 11 is 13.0. The number of carbonyl (C=O) groups is 1. The molecule has 0 aliphatic carbocycles. The van der Waals surface area contributed by atoms with E-state index in [4.69, 9.17) is 28.9 Å². The largest absolute Gasteiger partial charge is 0.350 e. The highest BCUT2D eigenvalue weighted by atomic mass is 35.5. The predicted molar refractivity (Wildman–Crippen MR) is 76.5 cm³/mol. The van der Waals surface area contributed by atoms with Gasteiger partial charge >= 0.3 is 6.03 Å². The van der Waals surface area contributed by atoms with E-state index in [0.717, 1.165) is 10.7 Å². The minimum absolute atomic E-state index is 0.391. The average molecular weight is 302 g/mol. The number of urea groups is 1. The van der Waals surface area contributed by atoms with E-state index >= 15 is 0 Å². The van der Waals surface area contributed by atoms with Crippen molar-refractivity contribution in [3.63, 3.8) is 0 Å². The maximum Gasteiger partial charge on any atom is 0.338 e. The third kappa shape index (κ3) is 2.87. The van der Waals surface area contributed by atoms with Crippen molar-refractivity contribution in [1.29, 1.82) is 0 Å². The number of nitrogens with two attached hydrogens (primary N) is 1. The van der Waals surface area contributed by atoms with Crippen LogP contribution in [0.2, 0.25) is 8.67 Å². The van der Waals surface area contributed by atoms with Gasteiger partial charge in [0.15, 0.2) is 0 Å². The Kier molecular flexibility index (Phi) is 3.96. The van der Waals surface area contributed by atoms with Crippen LogP contribution in [0, 0.1) is 0 Å². The molecule has 0 spiro atoms. The first-order chi connectivity index (χ1) is 8.58. The molecule has 0 radical (unpaired) electrons. The van der Waals surface area contributed by atoms with Gasteiger partial charge < -0.3 is 5.73 Å². The van der Waals surface area contributed by atoms with Gasteiger partial charge in [0, 0.05) is 0 Å². The molecule has 94 valence electrons. The summed E-state index contributed by atoms with van der Waals surface area (Å²) in [6.07, 6.45) is 0. The molecule has 0 unspecified atom stereocenters. The van der Waals surface area contributed by atoms with Crippen LogP contribution in [-0.4, -0.2) is 6.03 Å². The van der Waals surface area contributed by atoms with Gasteiger partial charge in [-0.2, -0.15) is 0 Å². The molecule has 2 rings (SSSR count). The van der Waals surface area contributed by atoms with Crippen molar-refractivity contribution in [2.45, 2.75) is 0 Å². The van der Waals surface area contributed by atoms with Crippen LogP contribution < -0.4 is 16.2 Å². The quantitative estimate of drug-likeness (QED) is 0.843. The maximum absolute atomic E-state index is 11.5. The third-order valence-corrected chi connectivity index (χ3v) is 3.58. The van der Waals surface area contributed by atoms with Crippen molar-refractivity contribution in [3.8, 4) is 0 Å². The number of hydrazine groups is 1. The highest BCUT2D eigenvalue weighted by Crippen LogP contribution is 2.37. The van der Waals surface area contributed by atoms with E-state index in [1.54, 1.807) is 18.2 Å². The summed E-state index contributed by atoms with van der Waals surface area (Å²) in [6.45, 7) is 0. The molecule has 1 aromatic carbocycles. The van der Waals surface area contributed by atoms with E-state index in [-0.39, 0.29) is 0 Å². The number of anilines is 2. The van der Waals surface area contributed by atoms with Gasteiger partial charge in [-0.15, -0.1) is 11.3 Å². The van der Waals surface area contributed by atoms with Gasteiger partial charge in [0.2, 0.25) is 0 Å². The van der Waals surface area contributed by atoms with E-state index in [9.17, 15) is 4.79 Å². The van der Waals surface area contributed by atoms with Crippen LogP contribution in [0.25, 0.3) is 0 Å². The fourth-order valence-electron chi connectivity index (χ4n) is 1.36. The molecule has 0 aliphatic heterocycles. The fourth-order valence-corrected chi connectivity index (χ4v) is 2.80. The lowest BCUT2D eigenvalue weighted by atomic mass is 10.3. The van der Waals surface area contributed by atoms with Crippen molar-refractivity contribution in [2.75, 3.05) is 10.4 Å². The number of nitrogens with one attached hydrogen (secondary N) is 1. The Hall–Kier alpha value is -1.43. The number of rotatable bonds is 3. The maximum atomic E-state index is 11.5. The lowest BCUT2D eigenvalue weighted by Crippen LogP contribution is -2.40. The topological polar surface area (TPSA) is 58.4 Å². The molecule has 0 aliphatic rings. The van der Waals surface area contributed by atoms with Gasteiger partial charge in [-0.05, 0) is 18.2 Å². The normalized spacial score (nSPS) is 10.1. The minimum Gasteiger partial charge on any atom is -0.350 e. The number of carbonyl (C=O) groups excluding carboxylic acids is 1. The molecule has 2 amide bonds. The molecule has 0 bridgehead atoms. The van der Waals surface area contributed by atoms with Crippen LogP contribution in [0.15, 0.2) is 36.4 Å².